The predicted octanol–water partition coefficient (Wildman–Crippen LogP) is -1.69. The monoisotopic (exact) mass is 263 g/mol. The highest BCUT2D eigenvalue weighted by Crippen LogP contribution is 1.82. The molecule has 0 aromatic rings. The summed E-state index contributed by atoms with van der Waals surface area (Å²) >= 11 is 0. The molecule has 1 atom stereocenters. The van der Waals surface area contributed by atoms with Crippen molar-refractivity contribution in [3.8, 4) is 0 Å². The van der Waals surface area contributed by atoms with E-state index in [-0.39, 0.29) is 6.54 Å². The fourth-order valence-electron chi connectivity index (χ4n) is 0.981. The number of likely N-dealkylation sites (N-methyl/N-ethyl adjacent to an activating group) is 1. The number of nitrogens with one attached hydrogen (secondary N) is 2. The average molecular weight is 263 g/mol. The van der Waals surface area contributed by atoms with Crippen molar-refractivity contribution in [3.05, 3.63) is 0 Å². The summed E-state index contributed by atoms with van der Waals surface area (Å²) in [7, 11) is 3.85. The molecule has 1 unspecified atom stereocenters. The van der Waals surface area contributed by atoms with Gasteiger partial charge in [0.2, 0.25) is 0 Å². The molecular formula is C10H21N3O5. The number of carboxylic acids is 1. The molecule has 0 bridgehead atoms. The first-order valence-corrected chi connectivity index (χ1v) is 5.58. The number of aliphatic carboxylic acids is 1. The van der Waals surface area contributed by atoms with Crippen LogP contribution in [-0.4, -0.2) is 80.2 Å². The van der Waals surface area contributed by atoms with Gasteiger partial charge in [-0.3, -0.25) is 0 Å². The molecule has 0 aliphatic heterocycles. The molecule has 0 aliphatic rings. The Morgan fingerprint density at radius 3 is 2.50 bits per heavy atom. The summed E-state index contributed by atoms with van der Waals surface area (Å²) in [6.07, 6.45) is 0. The zero-order valence-electron chi connectivity index (χ0n) is 10.7. The zero-order valence-corrected chi connectivity index (χ0v) is 10.7. The van der Waals surface area contributed by atoms with Gasteiger partial charge in [0.15, 0.2) is 6.04 Å². The summed E-state index contributed by atoms with van der Waals surface area (Å²) in [4.78, 5) is 23.7. The molecule has 8 heteroatoms. The number of urea groups is 1. The number of carbonyl (C=O) groups is 2. The normalized spacial score (nSPS) is 12.2. The van der Waals surface area contributed by atoms with E-state index in [1.54, 1.807) is 0 Å². The molecule has 0 saturated heterocycles. The van der Waals surface area contributed by atoms with Crippen LogP contribution < -0.4 is 10.6 Å². The minimum absolute atomic E-state index is 0.275. The predicted molar refractivity (Wildman–Crippen MR) is 64.4 cm³/mol. The molecule has 0 heterocycles. The van der Waals surface area contributed by atoms with Gasteiger partial charge in [0.1, 0.15) is 0 Å². The fourth-order valence-corrected chi connectivity index (χ4v) is 0.981. The fraction of sp³-hybridized carbons (Fsp3) is 0.800. The molecular weight excluding hydrogens is 242 g/mol. The van der Waals surface area contributed by atoms with E-state index in [4.69, 9.17) is 14.9 Å². The molecule has 0 fully saturated rings. The van der Waals surface area contributed by atoms with Crippen molar-refractivity contribution >= 4 is 12.0 Å². The topological polar surface area (TPSA) is 111 Å². The highest BCUT2D eigenvalue weighted by molar-refractivity contribution is 5.82. The van der Waals surface area contributed by atoms with Crippen molar-refractivity contribution < 1.29 is 24.5 Å². The van der Waals surface area contributed by atoms with Gasteiger partial charge in [0.05, 0.1) is 19.8 Å². The van der Waals surface area contributed by atoms with Crippen LogP contribution in [0, 0.1) is 0 Å². The molecule has 8 nitrogen and oxygen atoms in total. The van der Waals surface area contributed by atoms with Crippen LogP contribution in [0.4, 0.5) is 4.79 Å². The lowest BCUT2D eigenvalue weighted by molar-refractivity contribution is -0.140. The summed E-state index contributed by atoms with van der Waals surface area (Å²) in [5.74, 6) is -1.28. The van der Waals surface area contributed by atoms with Gasteiger partial charge in [0, 0.05) is 13.1 Å². The highest BCUT2D eigenvalue weighted by atomic mass is 16.5. The van der Waals surface area contributed by atoms with Crippen molar-refractivity contribution in [2.24, 2.45) is 0 Å². The Morgan fingerprint density at radius 1 is 1.33 bits per heavy atom. The van der Waals surface area contributed by atoms with Crippen LogP contribution >= 0.6 is 0 Å². The molecule has 0 saturated carbocycles. The van der Waals surface area contributed by atoms with E-state index in [9.17, 15) is 9.59 Å². The summed E-state index contributed by atoms with van der Waals surface area (Å²) in [6.45, 7) is 1.32. The number of rotatable bonds is 9. The van der Waals surface area contributed by atoms with Crippen LogP contribution in [0.15, 0.2) is 0 Å². The van der Waals surface area contributed by atoms with Crippen molar-refractivity contribution in [2.75, 3.05) is 47.0 Å². The van der Waals surface area contributed by atoms with Gasteiger partial charge in [-0.25, -0.2) is 9.59 Å². The van der Waals surface area contributed by atoms with E-state index >= 15 is 0 Å². The Kier molecular flexibility index (Phi) is 8.89. The van der Waals surface area contributed by atoms with Crippen molar-refractivity contribution in [2.45, 2.75) is 6.04 Å². The Bertz CT molecular complexity index is 260. The Morgan fingerprint density at radius 2 is 2.00 bits per heavy atom. The summed E-state index contributed by atoms with van der Waals surface area (Å²) in [5.41, 5.74) is 0. The minimum atomic E-state index is -1.29. The molecule has 4 N–H and O–H groups in total. The van der Waals surface area contributed by atoms with Gasteiger partial charge >= 0.3 is 12.0 Å². The minimum Gasteiger partial charge on any atom is -0.480 e. The lowest BCUT2D eigenvalue weighted by atomic mass is 10.3. The van der Waals surface area contributed by atoms with Crippen LogP contribution in [0.5, 0.6) is 0 Å². The summed E-state index contributed by atoms with van der Waals surface area (Å²) in [5, 5.41) is 21.8. The van der Waals surface area contributed by atoms with E-state index in [1.807, 2.05) is 19.0 Å². The number of ether oxygens (including phenoxy) is 1. The SMILES string of the molecule is CN(C)CCOCCNC(=O)NC(CO)C(=O)O. The first-order valence-electron chi connectivity index (χ1n) is 5.58. The number of amides is 2. The van der Waals surface area contributed by atoms with Crippen molar-refractivity contribution in [1.29, 1.82) is 0 Å². The van der Waals surface area contributed by atoms with E-state index in [0.717, 1.165) is 6.54 Å². The first kappa shape index (κ1) is 16.6. The molecule has 0 aliphatic carbocycles. The average Bonchev–Trinajstić information content (AvgIpc) is 2.29. The number of carboxylic acid groups (broad SMARTS) is 1. The molecule has 0 spiro atoms. The number of carbonyl (C=O) groups excluding carboxylic acids is 1. The Hall–Kier alpha value is -1.38. The molecule has 0 radical (unpaired) electrons. The van der Waals surface area contributed by atoms with Crippen LogP contribution in [0.1, 0.15) is 0 Å². The van der Waals surface area contributed by atoms with Gasteiger partial charge in [-0.05, 0) is 14.1 Å². The van der Waals surface area contributed by atoms with Gasteiger partial charge in [-0.2, -0.15) is 0 Å². The second kappa shape index (κ2) is 9.63. The second-order valence-corrected chi connectivity index (χ2v) is 3.89. The van der Waals surface area contributed by atoms with Crippen LogP contribution in [0.2, 0.25) is 0 Å². The molecule has 2 amide bonds. The molecule has 0 rings (SSSR count). The van der Waals surface area contributed by atoms with Crippen LogP contribution in [0.3, 0.4) is 0 Å². The largest absolute Gasteiger partial charge is 0.480 e. The van der Waals surface area contributed by atoms with Crippen LogP contribution in [0.25, 0.3) is 0 Å². The summed E-state index contributed by atoms with van der Waals surface area (Å²) < 4.78 is 5.22. The van der Waals surface area contributed by atoms with Crippen molar-refractivity contribution in [1.82, 2.24) is 15.5 Å². The third-order valence-corrected chi connectivity index (χ3v) is 2.00. The Balaban J connectivity index is 3.56. The maximum atomic E-state index is 11.2. The third kappa shape index (κ3) is 8.74. The quantitative estimate of drug-likeness (QED) is 0.369. The van der Waals surface area contributed by atoms with Gasteiger partial charge in [-0.1, -0.05) is 0 Å². The lowest BCUT2D eigenvalue weighted by Crippen LogP contribution is -2.48. The number of hydrogen-bond acceptors (Lipinski definition) is 5. The molecule has 18 heavy (non-hydrogen) atoms. The smallest absolute Gasteiger partial charge is 0.328 e. The third-order valence-electron chi connectivity index (χ3n) is 2.00. The molecule has 106 valence electrons. The van der Waals surface area contributed by atoms with E-state index < -0.39 is 24.6 Å². The van der Waals surface area contributed by atoms with E-state index in [2.05, 4.69) is 10.6 Å². The maximum absolute atomic E-state index is 11.2. The standard InChI is InChI=1S/C10H21N3O5/c1-13(2)4-6-18-5-3-11-10(17)12-8(7-14)9(15)16/h8,14H,3-7H2,1-2H3,(H,15,16)(H2,11,12,17). The van der Waals surface area contributed by atoms with Gasteiger partial charge in [0.25, 0.3) is 0 Å². The second-order valence-electron chi connectivity index (χ2n) is 3.89. The van der Waals surface area contributed by atoms with E-state index in [0.29, 0.717) is 13.2 Å². The Labute approximate surface area is 106 Å². The van der Waals surface area contributed by atoms with Crippen molar-refractivity contribution in [3.63, 3.8) is 0 Å². The maximum Gasteiger partial charge on any atom is 0.328 e. The molecule has 0 aromatic heterocycles. The van der Waals surface area contributed by atoms with E-state index in [1.165, 1.54) is 0 Å². The number of hydrogen-bond donors (Lipinski definition) is 4. The van der Waals surface area contributed by atoms with Gasteiger partial charge in [-0.15, -0.1) is 0 Å². The highest BCUT2D eigenvalue weighted by Gasteiger charge is 2.17. The zero-order chi connectivity index (χ0) is 14.0. The molecule has 0 aromatic carbocycles. The van der Waals surface area contributed by atoms with Gasteiger partial charge < -0.3 is 30.5 Å². The number of aliphatic hydroxyl groups is 1. The first-order chi connectivity index (χ1) is 8.47. The number of nitrogens with zero attached hydrogens (tertiary/aromatic N) is 1. The lowest BCUT2D eigenvalue weighted by Gasteiger charge is -2.13. The summed E-state index contributed by atoms with van der Waals surface area (Å²) in [6, 6.07) is -1.94. The van der Waals surface area contributed by atoms with Crippen LogP contribution in [-0.2, 0) is 9.53 Å². The number of aliphatic hydroxyl groups excluding tert-OH is 1.